The first-order valence-corrected chi connectivity index (χ1v) is 7.88. The number of pyridine rings is 1. The van der Waals surface area contributed by atoms with Gasteiger partial charge in [-0.25, -0.2) is 13.4 Å². The number of hydrogen-bond donors (Lipinski definition) is 2. The van der Waals surface area contributed by atoms with E-state index in [-0.39, 0.29) is 17.5 Å². The molecule has 1 aliphatic rings. The molecule has 0 radical (unpaired) electrons. The van der Waals surface area contributed by atoms with Gasteiger partial charge in [-0.15, -0.1) is 0 Å². The maximum absolute atomic E-state index is 12.7. The molecular formula is C12H18N4O3S. The number of amides is 1. The Morgan fingerprint density at radius 2 is 2.30 bits per heavy atom. The van der Waals surface area contributed by atoms with Gasteiger partial charge in [0.1, 0.15) is 6.04 Å². The fourth-order valence-corrected chi connectivity index (χ4v) is 4.04. The zero-order chi connectivity index (χ0) is 14.8. The molecule has 1 aromatic heterocycles. The van der Waals surface area contributed by atoms with Crippen molar-refractivity contribution in [2.45, 2.75) is 24.4 Å². The summed E-state index contributed by atoms with van der Waals surface area (Å²) < 4.78 is 26.7. The van der Waals surface area contributed by atoms with Gasteiger partial charge in [0, 0.05) is 26.3 Å². The monoisotopic (exact) mass is 298 g/mol. The van der Waals surface area contributed by atoms with Crippen LogP contribution in [0, 0.1) is 0 Å². The van der Waals surface area contributed by atoms with Gasteiger partial charge in [0.05, 0.1) is 5.69 Å². The molecule has 1 aliphatic heterocycles. The van der Waals surface area contributed by atoms with Crippen LogP contribution in [0.4, 0.5) is 5.69 Å². The van der Waals surface area contributed by atoms with E-state index in [0.29, 0.717) is 18.7 Å². The van der Waals surface area contributed by atoms with Crippen LogP contribution in [0.25, 0.3) is 0 Å². The van der Waals surface area contributed by atoms with Gasteiger partial charge in [-0.05, 0) is 18.6 Å². The van der Waals surface area contributed by atoms with Crippen molar-refractivity contribution in [1.82, 2.24) is 14.6 Å². The number of nitrogens with one attached hydrogen (secondary N) is 2. The second-order valence-corrected chi connectivity index (χ2v) is 6.24. The molecule has 1 fully saturated rings. The normalized spacial score (nSPS) is 20.5. The average Bonchev–Trinajstić information content (AvgIpc) is 2.46. The SMILES string of the molecule is CCC1C(=O)NCCN1S(=O)(=O)c1ncccc1NC. The standard InChI is InChI=1S/C12H18N4O3S/c1-3-10-11(17)14-7-8-16(10)20(18,19)12-9(13-2)5-4-6-15-12/h4-6,10,13H,3,7-8H2,1-2H3,(H,14,17). The van der Waals surface area contributed by atoms with Gasteiger partial charge in [0.2, 0.25) is 5.91 Å². The quantitative estimate of drug-likeness (QED) is 0.818. The maximum Gasteiger partial charge on any atom is 0.263 e. The lowest BCUT2D eigenvalue weighted by Gasteiger charge is -2.33. The lowest BCUT2D eigenvalue weighted by molar-refractivity contribution is -0.126. The molecule has 0 bridgehead atoms. The van der Waals surface area contributed by atoms with Gasteiger partial charge in [0.25, 0.3) is 10.0 Å². The van der Waals surface area contributed by atoms with Crippen molar-refractivity contribution in [3.8, 4) is 0 Å². The Morgan fingerprint density at radius 3 is 2.95 bits per heavy atom. The molecule has 110 valence electrons. The molecular weight excluding hydrogens is 280 g/mol. The Hall–Kier alpha value is -1.67. The van der Waals surface area contributed by atoms with Crippen LogP contribution in [0.5, 0.6) is 0 Å². The van der Waals surface area contributed by atoms with Crippen LogP contribution in [0.2, 0.25) is 0 Å². The molecule has 0 aromatic carbocycles. The predicted octanol–water partition coefficient (Wildman–Crippen LogP) is 0.0224. The number of piperazine rings is 1. The van der Waals surface area contributed by atoms with Crippen LogP contribution in [-0.4, -0.2) is 49.8 Å². The van der Waals surface area contributed by atoms with Gasteiger partial charge >= 0.3 is 0 Å². The second-order valence-electron chi connectivity index (χ2n) is 4.44. The van der Waals surface area contributed by atoms with Crippen molar-refractivity contribution < 1.29 is 13.2 Å². The number of aromatic nitrogens is 1. The summed E-state index contributed by atoms with van der Waals surface area (Å²) in [5.41, 5.74) is 0.424. The number of rotatable bonds is 4. The predicted molar refractivity (Wildman–Crippen MR) is 74.8 cm³/mol. The highest BCUT2D eigenvalue weighted by Crippen LogP contribution is 2.25. The summed E-state index contributed by atoms with van der Waals surface area (Å²) in [6.07, 6.45) is 1.85. The number of nitrogens with zero attached hydrogens (tertiary/aromatic N) is 2. The molecule has 1 aromatic rings. The van der Waals surface area contributed by atoms with Gasteiger partial charge in [-0.3, -0.25) is 4.79 Å². The number of anilines is 1. The van der Waals surface area contributed by atoms with Crippen LogP contribution in [-0.2, 0) is 14.8 Å². The molecule has 1 amide bonds. The van der Waals surface area contributed by atoms with Crippen molar-refractivity contribution in [3.63, 3.8) is 0 Å². The lowest BCUT2D eigenvalue weighted by Crippen LogP contribution is -2.56. The van der Waals surface area contributed by atoms with E-state index in [9.17, 15) is 13.2 Å². The van der Waals surface area contributed by atoms with Gasteiger partial charge < -0.3 is 10.6 Å². The highest BCUT2D eigenvalue weighted by molar-refractivity contribution is 7.89. The molecule has 1 atom stereocenters. The zero-order valence-electron chi connectivity index (χ0n) is 11.5. The fraction of sp³-hybridized carbons (Fsp3) is 0.500. The van der Waals surface area contributed by atoms with E-state index in [2.05, 4.69) is 15.6 Å². The fourth-order valence-electron chi connectivity index (χ4n) is 2.27. The molecule has 2 heterocycles. The Labute approximate surface area is 118 Å². The minimum absolute atomic E-state index is 0.0457. The minimum atomic E-state index is -3.80. The lowest BCUT2D eigenvalue weighted by atomic mass is 10.2. The van der Waals surface area contributed by atoms with E-state index in [1.54, 1.807) is 26.1 Å². The molecule has 0 saturated carbocycles. The number of sulfonamides is 1. The molecule has 0 spiro atoms. The summed E-state index contributed by atoms with van der Waals surface area (Å²) in [4.78, 5) is 15.8. The van der Waals surface area contributed by atoms with Crippen molar-refractivity contribution >= 4 is 21.6 Å². The number of carbonyl (C=O) groups excluding carboxylic acids is 1. The maximum atomic E-state index is 12.7. The largest absolute Gasteiger partial charge is 0.386 e. The summed E-state index contributed by atoms with van der Waals surface area (Å²) in [5, 5.41) is 5.45. The molecule has 2 rings (SSSR count). The van der Waals surface area contributed by atoms with Crippen LogP contribution in [0.1, 0.15) is 13.3 Å². The van der Waals surface area contributed by atoms with Crippen molar-refractivity contribution in [2.24, 2.45) is 0 Å². The van der Waals surface area contributed by atoms with Crippen LogP contribution >= 0.6 is 0 Å². The Kier molecular flexibility index (Phi) is 4.24. The Balaban J connectivity index is 2.46. The van der Waals surface area contributed by atoms with E-state index in [0.717, 1.165) is 0 Å². The topological polar surface area (TPSA) is 91.4 Å². The summed E-state index contributed by atoms with van der Waals surface area (Å²) in [7, 11) is -2.16. The summed E-state index contributed by atoms with van der Waals surface area (Å²) >= 11 is 0. The molecule has 8 heteroatoms. The van der Waals surface area contributed by atoms with E-state index in [1.165, 1.54) is 10.5 Å². The number of carbonyl (C=O) groups is 1. The molecule has 2 N–H and O–H groups in total. The third-order valence-electron chi connectivity index (χ3n) is 3.26. The van der Waals surface area contributed by atoms with Crippen LogP contribution < -0.4 is 10.6 Å². The first kappa shape index (κ1) is 14.7. The first-order valence-electron chi connectivity index (χ1n) is 6.44. The van der Waals surface area contributed by atoms with Gasteiger partial charge in [0.15, 0.2) is 5.03 Å². The molecule has 7 nitrogen and oxygen atoms in total. The van der Waals surface area contributed by atoms with E-state index in [4.69, 9.17) is 0 Å². The van der Waals surface area contributed by atoms with Crippen molar-refractivity contribution in [3.05, 3.63) is 18.3 Å². The molecule has 0 aliphatic carbocycles. The number of hydrogen-bond acceptors (Lipinski definition) is 5. The van der Waals surface area contributed by atoms with E-state index < -0.39 is 16.1 Å². The highest BCUT2D eigenvalue weighted by atomic mass is 32.2. The summed E-state index contributed by atoms with van der Waals surface area (Å²) in [6.45, 7) is 2.36. The minimum Gasteiger partial charge on any atom is -0.386 e. The first-order chi connectivity index (χ1) is 9.52. The third kappa shape index (κ3) is 2.48. The Morgan fingerprint density at radius 1 is 1.55 bits per heavy atom. The summed E-state index contributed by atoms with van der Waals surface area (Å²) in [6, 6.07) is 2.62. The second kappa shape index (κ2) is 5.76. The Bertz CT molecular complexity index is 602. The zero-order valence-corrected chi connectivity index (χ0v) is 12.3. The molecule has 20 heavy (non-hydrogen) atoms. The van der Waals surface area contributed by atoms with E-state index in [1.807, 2.05) is 0 Å². The average molecular weight is 298 g/mol. The van der Waals surface area contributed by atoms with Crippen LogP contribution in [0.3, 0.4) is 0 Å². The van der Waals surface area contributed by atoms with Crippen LogP contribution in [0.15, 0.2) is 23.4 Å². The molecule has 1 unspecified atom stereocenters. The summed E-state index contributed by atoms with van der Waals surface area (Å²) in [5.74, 6) is -0.260. The molecule has 1 saturated heterocycles. The third-order valence-corrected chi connectivity index (χ3v) is 5.13. The van der Waals surface area contributed by atoms with Gasteiger partial charge in [-0.2, -0.15) is 4.31 Å². The van der Waals surface area contributed by atoms with E-state index >= 15 is 0 Å². The van der Waals surface area contributed by atoms with Gasteiger partial charge in [-0.1, -0.05) is 6.92 Å². The smallest absolute Gasteiger partial charge is 0.263 e. The van der Waals surface area contributed by atoms with Crippen molar-refractivity contribution in [1.29, 1.82) is 0 Å². The van der Waals surface area contributed by atoms with Crippen molar-refractivity contribution in [2.75, 3.05) is 25.5 Å². The highest BCUT2D eigenvalue weighted by Gasteiger charge is 2.38.